The number of anilines is 1. The molecule has 1 aromatic heterocycles. The second-order valence-electron chi connectivity index (χ2n) is 10.7. The summed E-state index contributed by atoms with van der Waals surface area (Å²) in [4.78, 5) is 37.9. The van der Waals surface area contributed by atoms with Gasteiger partial charge in [0.15, 0.2) is 12.4 Å². The predicted molar refractivity (Wildman–Crippen MR) is 168 cm³/mol. The fraction of sp³-hybridized carbons (Fsp3) is 0.257. The van der Waals surface area contributed by atoms with Crippen LogP contribution in [0.3, 0.4) is 0 Å². The highest BCUT2D eigenvalue weighted by Gasteiger charge is 2.31. The van der Waals surface area contributed by atoms with Crippen LogP contribution in [0, 0.1) is 0 Å². The maximum atomic E-state index is 12.6. The molecule has 2 heterocycles. The number of carbonyl (C=O) groups is 3. The third-order valence-electron chi connectivity index (χ3n) is 7.38. The smallest absolute Gasteiger partial charge is 0.414 e. The van der Waals surface area contributed by atoms with Crippen LogP contribution in [0.4, 0.5) is 15.3 Å². The zero-order chi connectivity index (χ0) is 31.4. The van der Waals surface area contributed by atoms with Crippen LogP contribution in [0.1, 0.15) is 30.9 Å². The van der Waals surface area contributed by atoms with E-state index in [1.54, 1.807) is 21.9 Å². The summed E-state index contributed by atoms with van der Waals surface area (Å²) in [5.74, 6) is 0.438. The van der Waals surface area contributed by atoms with E-state index in [0.717, 1.165) is 40.8 Å². The monoisotopic (exact) mass is 609 g/mol. The first-order valence-corrected chi connectivity index (χ1v) is 14.9. The maximum absolute atomic E-state index is 12.6. The molecule has 0 bridgehead atoms. The lowest BCUT2D eigenvalue weighted by molar-refractivity contribution is -0.727. The Kier molecular flexibility index (Phi) is 10.6. The fourth-order valence-corrected chi connectivity index (χ4v) is 5.09. The van der Waals surface area contributed by atoms with Gasteiger partial charge in [-0.1, -0.05) is 60.7 Å². The lowest BCUT2D eigenvalue weighted by Gasteiger charge is -2.22. The Bertz CT molecular complexity index is 1600. The fourth-order valence-electron chi connectivity index (χ4n) is 5.09. The molecule has 1 atom stereocenters. The molecular weight excluding hydrogens is 572 g/mol. The highest BCUT2D eigenvalue weighted by molar-refractivity contribution is 5.89. The molecule has 1 aliphatic rings. The van der Waals surface area contributed by atoms with Crippen LogP contribution in [0.15, 0.2) is 103 Å². The van der Waals surface area contributed by atoms with E-state index in [4.69, 9.17) is 14.2 Å². The van der Waals surface area contributed by atoms with Gasteiger partial charge in [0.25, 0.3) is 6.73 Å². The SMILES string of the molecule is CC(=O)OC[C@@H]1CCCN1C(=O)OC[n+]1cccc(CNC(=O)Nc2ccc(COc3ccccc3-c3ccccc3)cc2)c1. The quantitative estimate of drug-likeness (QED) is 0.168. The number of benzene rings is 3. The van der Waals surface area contributed by atoms with Crippen LogP contribution in [0.2, 0.25) is 0 Å². The lowest BCUT2D eigenvalue weighted by atomic mass is 10.0. The van der Waals surface area contributed by atoms with Gasteiger partial charge in [0.05, 0.1) is 12.6 Å². The number of carbonyl (C=O) groups excluding carboxylic acids is 3. The minimum Gasteiger partial charge on any atom is -0.488 e. The number of amides is 3. The first kappa shape index (κ1) is 31.1. The molecule has 2 N–H and O–H groups in total. The molecule has 0 aliphatic carbocycles. The summed E-state index contributed by atoms with van der Waals surface area (Å²) in [6.07, 6.45) is 4.73. The highest BCUT2D eigenvalue weighted by atomic mass is 16.6. The Labute approximate surface area is 262 Å². The van der Waals surface area contributed by atoms with Crippen LogP contribution in [-0.4, -0.2) is 42.2 Å². The maximum Gasteiger partial charge on any atom is 0.414 e. The summed E-state index contributed by atoms with van der Waals surface area (Å²) < 4.78 is 18.4. The largest absolute Gasteiger partial charge is 0.488 e. The van der Waals surface area contributed by atoms with Crippen molar-refractivity contribution in [3.63, 3.8) is 0 Å². The van der Waals surface area contributed by atoms with Crippen molar-refractivity contribution < 1.29 is 33.2 Å². The van der Waals surface area contributed by atoms with E-state index in [1.165, 1.54) is 6.92 Å². The summed E-state index contributed by atoms with van der Waals surface area (Å²) in [6, 6.07) is 28.8. The molecule has 1 fully saturated rings. The molecule has 3 aromatic carbocycles. The average Bonchev–Trinajstić information content (AvgIpc) is 3.55. The number of ether oxygens (including phenoxy) is 3. The first-order valence-electron chi connectivity index (χ1n) is 14.9. The summed E-state index contributed by atoms with van der Waals surface area (Å²) in [7, 11) is 0. The van der Waals surface area contributed by atoms with Gasteiger partial charge >= 0.3 is 18.1 Å². The standard InChI is InChI=1S/C35H36N4O6/c1-26(40)43-24-31-12-8-20-39(31)35(42)45-25-38-19-7-9-28(22-38)21-36-34(41)37-30-17-15-27(16-18-30)23-44-33-14-6-5-13-32(33)29-10-3-2-4-11-29/h2-7,9-11,13-19,22,31H,8,12,20-21,23-25H2,1H3,(H-,36,37,41)/p+1/t31-/m0/s1. The van der Waals surface area contributed by atoms with E-state index in [-0.39, 0.29) is 37.9 Å². The Morgan fingerprint density at radius 2 is 1.67 bits per heavy atom. The molecule has 10 nitrogen and oxygen atoms in total. The van der Waals surface area contributed by atoms with Gasteiger partial charge in [-0.15, -0.1) is 0 Å². The number of hydrogen-bond donors (Lipinski definition) is 2. The van der Waals surface area contributed by atoms with Crippen molar-refractivity contribution in [1.82, 2.24) is 10.2 Å². The van der Waals surface area contributed by atoms with Crippen LogP contribution in [-0.2, 0) is 34.2 Å². The summed E-state index contributed by atoms with van der Waals surface area (Å²) in [5.41, 5.74) is 4.59. The molecule has 5 rings (SSSR count). The number of likely N-dealkylation sites (tertiary alicyclic amines) is 1. The molecule has 232 valence electrons. The molecule has 0 radical (unpaired) electrons. The van der Waals surface area contributed by atoms with Crippen molar-refractivity contribution in [3.05, 3.63) is 115 Å². The molecule has 4 aromatic rings. The number of rotatable bonds is 11. The Balaban J connectivity index is 1.06. The van der Waals surface area contributed by atoms with Gasteiger partial charge in [0, 0.05) is 36.3 Å². The Morgan fingerprint density at radius 3 is 2.47 bits per heavy atom. The van der Waals surface area contributed by atoms with Crippen molar-refractivity contribution in [1.29, 1.82) is 0 Å². The van der Waals surface area contributed by atoms with Gasteiger partial charge in [0.2, 0.25) is 0 Å². The zero-order valence-corrected chi connectivity index (χ0v) is 25.2. The van der Waals surface area contributed by atoms with Gasteiger partial charge in [-0.3, -0.25) is 4.79 Å². The van der Waals surface area contributed by atoms with Crippen molar-refractivity contribution >= 4 is 23.8 Å². The second-order valence-corrected chi connectivity index (χ2v) is 10.7. The van der Waals surface area contributed by atoms with Gasteiger partial charge in [-0.05, 0) is 48.2 Å². The van der Waals surface area contributed by atoms with E-state index in [2.05, 4.69) is 22.8 Å². The molecule has 1 aliphatic heterocycles. The molecule has 1 saturated heterocycles. The van der Waals surface area contributed by atoms with E-state index < -0.39 is 6.09 Å². The first-order chi connectivity index (χ1) is 21.9. The van der Waals surface area contributed by atoms with Crippen LogP contribution < -0.4 is 19.9 Å². The number of aromatic nitrogens is 1. The minimum atomic E-state index is -0.449. The third-order valence-corrected chi connectivity index (χ3v) is 7.38. The number of para-hydroxylation sites is 1. The lowest BCUT2D eigenvalue weighted by Crippen LogP contribution is -2.43. The van der Waals surface area contributed by atoms with Crippen molar-refractivity contribution in [2.75, 3.05) is 18.5 Å². The number of nitrogens with zero attached hydrogens (tertiary/aromatic N) is 2. The Morgan fingerprint density at radius 1 is 0.889 bits per heavy atom. The van der Waals surface area contributed by atoms with Gasteiger partial charge in [-0.2, -0.15) is 4.57 Å². The molecule has 45 heavy (non-hydrogen) atoms. The van der Waals surface area contributed by atoms with E-state index >= 15 is 0 Å². The molecule has 10 heteroatoms. The van der Waals surface area contributed by atoms with E-state index in [0.29, 0.717) is 18.8 Å². The van der Waals surface area contributed by atoms with Crippen LogP contribution in [0.25, 0.3) is 11.1 Å². The normalized spacial score (nSPS) is 14.0. The average molecular weight is 610 g/mol. The number of urea groups is 1. The molecule has 0 saturated carbocycles. The van der Waals surface area contributed by atoms with Gasteiger partial charge in [-0.25, -0.2) is 9.59 Å². The van der Waals surface area contributed by atoms with Crippen molar-refractivity contribution in [3.8, 4) is 16.9 Å². The zero-order valence-electron chi connectivity index (χ0n) is 25.2. The van der Waals surface area contributed by atoms with Crippen molar-refractivity contribution in [2.45, 2.75) is 45.7 Å². The third kappa shape index (κ3) is 9.06. The van der Waals surface area contributed by atoms with Gasteiger partial charge < -0.3 is 29.7 Å². The topological polar surface area (TPSA) is 110 Å². The second kappa shape index (κ2) is 15.4. The number of hydrogen-bond acceptors (Lipinski definition) is 6. The van der Waals surface area contributed by atoms with Crippen molar-refractivity contribution in [2.24, 2.45) is 0 Å². The number of pyridine rings is 1. The molecule has 3 amide bonds. The predicted octanol–water partition coefficient (Wildman–Crippen LogP) is 5.66. The van der Waals surface area contributed by atoms with E-state index in [9.17, 15) is 14.4 Å². The molecule has 0 spiro atoms. The van der Waals surface area contributed by atoms with Crippen LogP contribution >= 0.6 is 0 Å². The van der Waals surface area contributed by atoms with Crippen LogP contribution in [0.5, 0.6) is 5.75 Å². The van der Waals surface area contributed by atoms with E-state index in [1.807, 2.05) is 78.9 Å². The molecule has 0 unspecified atom stereocenters. The van der Waals surface area contributed by atoms with Gasteiger partial charge in [0.1, 0.15) is 19.0 Å². The molecular formula is C35H37N4O6+. The highest BCUT2D eigenvalue weighted by Crippen LogP contribution is 2.30. The minimum absolute atomic E-state index is 0.0174. The summed E-state index contributed by atoms with van der Waals surface area (Å²) in [6.45, 7) is 2.78. The summed E-state index contributed by atoms with van der Waals surface area (Å²) >= 11 is 0. The Hall–Kier alpha value is -5.38. The summed E-state index contributed by atoms with van der Waals surface area (Å²) in [5, 5.41) is 5.70. The number of nitrogens with one attached hydrogen (secondary N) is 2. The number of esters is 1.